The Morgan fingerprint density at radius 2 is 1.00 bits per heavy atom. The first-order chi connectivity index (χ1) is 59.6. The molecule has 1 unspecified atom stereocenters. The third-order valence-electron chi connectivity index (χ3n) is 19.6. The summed E-state index contributed by atoms with van der Waals surface area (Å²) in [6.45, 7) is 18.3. The zero-order valence-corrected chi connectivity index (χ0v) is 74.2. The number of carbonyl (C=O) groups excluding carboxylic acids is 15. The summed E-state index contributed by atoms with van der Waals surface area (Å²) in [6, 6.07) is -5.51. The topological polar surface area (TPSA) is 672 Å². The molecule has 3 aromatic rings. The number of fused-ring (bicyclic) bond motifs is 1. The molecule has 3 aromatic carbocycles. The van der Waals surface area contributed by atoms with Crippen LogP contribution in [0.5, 0.6) is 0 Å². The number of allylic oxidation sites excluding steroid dienone is 2. The molecule has 41 nitrogen and oxygen atoms in total. The van der Waals surface area contributed by atoms with Crippen LogP contribution in [0.15, 0.2) is 110 Å². The van der Waals surface area contributed by atoms with Crippen LogP contribution in [0.25, 0.3) is 10.8 Å². The van der Waals surface area contributed by atoms with E-state index in [-0.39, 0.29) is 40.9 Å². The van der Waals surface area contributed by atoms with Gasteiger partial charge in [-0.2, -0.15) is 35.3 Å². The normalized spacial score (nSPS) is 24.7. The molecule has 0 aliphatic carbocycles. The summed E-state index contributed by atoms with van der Waals surface area (Å²) in [5.41, 5.74) is 15.6. The van der Waals surface area contributed by atoms with Crippen molar-refractivity contribution < 1.29 is 117 Å². The van der Waals surface area contributed by atoms with Gasteiger partial charge in [0.1, 0.15) is 72.5 Å². The van der Waals surface area contributed by atoms with Crippen molar-refractivity contribution in [2.75, 3.05) is 41.1 Å². The van der Waals surface area contributed by atoms with Gasteiger partial charge in [0.15, 0.2) is 0 Å². The highest BCUT2D eigenvalue weighted by molar-refractivity contribution is 8.03. The second kappa shape index (κ2) is 52.8. The van der Waals surface area contributed by atoms with Gasteiger partial charge in [0, 0.05) is 73.2 Å². The van der Waals surface area contributed by atoms with E-state index in [1.165, 1.54) is 45.9 Å². The van der Waals surface area contributed by atoms with Crippen molar-refractivity contribution in [3.8, 4) is 0 Å². The lowest BCUT2D eigenvalue weighted by Crippen LogP contribution is -2.61. The third-order valence-corrected chi connectivity index (χ3v) is 23.1. The first kappa shape index (κ1) is 107. The largest absolute Gasteiger partial charge is 0.481 e. The van der Waals surface area contributed by atoms with E-state index in [0.717, 1.165) is 41.4 Å². The van der Waals surface area contributed by atoms with Crippen LogP contribution >= 0.6 is 35.3 Å². The van der Waals surface area contributed by atoms with Crippen LogP contribution in [-0.4, -0.2) is 275 Å². The zero-order chi connectivity index (χ0) is 95.2. The van der Waals surface area contributed by atoms with Gasteiger partial charge >= 0.3 is 23.9 Å². The lowest BCUT2D eigenvalue weighted by atomic mass is 9.85. The van der Waals surface area contributed by atoms with Crippen molar-refractivity contribution in [1.29, 1.82) is 0 Å². The Morgan fingerprint density at radius 3 is 1.53 bits per heavy atom. The number of aliphatic hydroxyl groups is 1. The number of rotatable bonds is 27. The van der Waals surface area contributed by atoms with E-state index in [9.17, 15) is 117 Å². The third kappa shape index (κ3) is 38.4. The number of nitrogens with one attached hydrogen (secondary N) is 14. The minimum absolute atomic E-state index is 0.142. The first-order valence-electron chi connectivity index (χ1n) is 40.4. The van der Waals surface area contributed by atoms with Gasteiger partial charge in [-0.1, -0.05) is 118 Å². The second-order valence-corrected chi connectivity index (χ2v) is 34.8. The fourth-order valence-electron chi connectivity index (χ4n) is 12.5. The summed E-state index contributed by atoms with van der Waals surface area (Å²) in [5, 5.41) is 87.6. The molecule has 0 bridgehead atoms. The number of nitrogens with two attached hydrogens (primary N) is 3. The van der Waals surface area contributed by atoms with Gasteiger partial charge in [-0.05, 0) is 80.3 Å². The maximum atomic E-state index is 14.9. The summed E-state index contributed by atoms with van der Waals surface area (Å²) < 4.78 is 0. The molecule has 0 saturated carbocycles. The van der Waals surface area contributed by atoms with Gasteiger partial charge in [-0.15, -0.1) is 6.58 Å². The van der Waals surface area contributed by atoms with E-state index >= 15 is 0 Å². The molecule has 44 heteroatoms. The molecule has 0 radical (unpaired) electrons. The summed E-state index contributed by atoms with van der Waals surface area (Å²) >= 11 is 3.26. The molecule has 1 heterocycles. The van der Waals surface area contributed by atoms with E-state index in [1.54, 1.807) is 94.4 Å². The highest BCUT2D eigenvalue weighted by atomic mass is 32.2. The number of carboxylic acid groups (broad SMARTS) is 4. The number of primary amides is 2. The quantitative estimate of drug-likeness (QED) is 0.0268. The fraction of sp³-hybridized carbons (Fsp3) is 0.506. The van der Waals surface area contributed by atoms with Gasteiger partial charge in [0.05, 0.1) is 43.0 Å². The summed E-state index contributed by atoms with van der Waals surface area (Å²) in [7, 11) is 0. The van der Waals surface area contributed by atoms with Crippen molar-refractivity contribution >= 4 is 159 Å². The average molecular weight is 1830 g/mol. The Bertz CT molecular complexity index is 4490. The van der Waals surface area contributed by atoms with E-state index in [0.29, 0.717) is 27.5 Å². The summed E-state index contributed by atoms with van der Waals surface area (Å²) in [5.74, 6) is -23.3. The summed E-state index contributed by atoms with van der Waals surface area (Å²) in [4.78, 5) is 263. The number of carboxylic acids is 4. The van der Waals surface area contributed by atoms with Crippen molar-refractivity contribution in [3.05, 3.63) is 121 Å². The van der Waals surface area contributed by atoms with Crippen LogP contribution in [0.4, 0.5) is 0 Å². The standard InChI is InChI=1S/C83H117N17O24S3/c1-11-46(12-2)39-127-42-61-80(122)92-53(27-29-64(104)105)73(115)96-57(36-66(108)109)77(119)94-54(32-47-20-15-14-16-21-47)75(117)97-58(37-83(10,124)13-3)78(120)90-50(34-65(106)107)38-87-67(82(7,8)9)81(123)98-59(68(86)110)40-125-30-31-126-41-60(99-69(111)43(4)84)79(121)89-44(5)70(112)93-56(35-62(85)101)76(118)91-52(26-28-63(102)103)72(114)95-55(74(116)88-45(6)71(113)100-61)33-49-24-19-23-48-22-17-18-25-51(48)49/h11-25,43-45,50,52-61,67,87,124H,1,3,26-42,84H2,2,4-10H3,(H2,85,101)(H2,86,110)(H,88,116)(H,89,121)(H,90,120)(H,91,118)(H,92,122)(H,93,112)(H,94,119)(H,95,114)(H,96,115)(H,97,117)(H,98,123)(H,99,111)(H,100,113)(H,102,103)(H,104,105)(H,106,107)(H,108,109)/b46-12+/t43-,44+,45+,50-,52-,53-,54-,55-,56-,57-,58-,59-,60-,61+,67+,83?/m0/s1. The number of hydrogen-bond donors (Lipinski definition) is 22. The summed E-state index contributed by atoms with van der Waals surface area (Å²) in [6.07, 6.45) is -3.56. The Balaban J connectivity index is 1.93. The molecular formula is C83H117N17O24S3. The SMILES string of the molecule is C=C/C(=C\C)CSC[C@H]1NC(=O)[C@@H](C)NC(=O)[C@H](Cc2cccc3ccccc23)NC(=O)[C@H](CCC(=O)O)NC(=O)[C@H](CC(N)=O)NC(=O)[C@@H](C)NC(=O)[C@@H](NC(=O)[C@H](C)N)CSCCSC[C@@H](C(N)=O)NC(=O)[C@H](C(C)(C)C)NC[C@H](CC(=O)O)NC(=O)[C@H](CC(C)(O)C=C)NC(=O)[C@H](Cc2ccccc2)NC(=O)[C@H](CC(=O)O)NC(=O)[C@H](CCC(=O)O)NC1=O. The van der Waals surface area contributed by atoms with Gasteiger partial charge in [-0.3, -0.25) is 91.1 Å². The molecule has 1 saturated heterocycles. The lowest BCUT2D eigenvalue weighted by Gasteiger charge is -2.33. The number of amides is 15. The molecule has 0 spiro atoms. The smallest absolute Gasteiger partial charge is 0.305 e. The molecule has 696 valence electrons. The van der Waals surface area contributed by atoms with Crippen molar-refractivity contribution in [2.24, 2.45) is 22.6 Å². The van der Waals surface area contributed by atoms with Crippen molar-refractivity contribution in [3.63, 3.8) is 0 Å². The van der Waals surface area contributed by atoms with Crippen molar-refractivity contribution in [1.82, 2.24) is 74.4 Å². The van der Waals surface area contributed by atoms with Crippen LogP contribution in [-0.2, 0) is 104 Å². The molecule has 0 aromatic heterocycles. The van der Waals surface area contributed by atoms with Gasteiger partial charge < -0.3 is 117 Å². The molecule has 1 aliphatic heterocycles. The molecule has 1 aliphatic rings. The van der Waals surface area contributed by atoms with E-state index < -0.39 is 278 Å². The lowest BCUT2D eigenvalue weighted by molar-refractivity contribution is -0.142. The molecule has 127 heavy (non-hydrogen) atoms. The maximum Gasteiger partial charge on any atom is 0.305 e. The maximum absolute atomic E-state index is 14.9. The number of aliphatic carboxylic acids is 4. The number of carbonyl (C=O) groups is 19. The average Bonchev–Trinajstić information content (AvgIpc) is 0.816. The van der Waals surface area contributed by atoms with E-state index in [1.807, 2.05) is 0 Å². The first-order valence-corrected chi connectivity index (χ1v) is 43.9. The number of benzene rings is 3. The van der Waals surface area contributed by atoms with Crippen LogP contribution in [0, 0.1) is 5.41 Å². The fourth-order valence-corrected chi connectivity index (χ4v) is 15.8. The van der Waals surface area contributed by atoms with Crippen molar-refractivity contribution in [2.45, 2.75) is 216 Å². The van der Waals surface area contributed by atoms with Crippen LogP contribution in [0.3, 0.4) is 0 Å². The molecular weight excluding hydrogens is 1720 g/mol. The molecule has 15 amide bonds. The predicted molar refractivity (Wildman–Crippen MR) is 472 cm³/mol. The van der Waals surface area contributed by atoms with Gasteiger partial charge in [0.2, 0.25) is 88.6 Å². The Morgan fingerprint density at radius 1 is 0.535 bits per heavy atom. The number of hydrogen-bond acceptors (Lipinski definition) is 25. The molecule has 25 N–H and O–H groups in total. The highest BCUT2D eigenvalue weighted by Crippen LogP contribution is 2.24. The molecule has 16 atom stereocenters. The van der Waals surface area contributed by atoms with Crippen LogP contribution < -0.4 is 91.6 Å². The van der Waals surface area contributed by atoms with E-state index in [4.69, 9.17) is 17.2 Å². The van der Waals surface area contributed by atoms with Crippen LogP contribution in [0.2, 0.25) is 0 Å². The van der Waals surface area contributed by atoms with Gasteiger partial charge in [-0.25, -0.2) is 0 Å². The van der Waals surface area contributed by atoms with E-state index in [2.05, 4.69) is 87.6 Å². The Labute approximate surface area is 746 Å². The molecule has 1 fully saturated rings. The monoisotopic (exact) mass is 1830 g/mol. The minimum Gasteiger partial charge on any atom is -0.481 e. The number of thioether (sulfide) groups is 3. The Kier molecular flexibility index (Phi) is 44.6. The minimum atomic E-state index is -2.18. The molecule has 4 rings (SSSR count). The van der Waals surface area contributed by atoms with Crippen LogP contribution in [0.1, 0.15) is 118 Å². The Hall–Kier alpha value is -12.0. The highest BCUT2D eigenvalue weighted by Gasteiger charge is 2.41. The predicted octanol–water partition coefficient (Wildman–Crippen LogP) is -2.97. The zero-order valence-electron chi connectivity index (χ0n) is 71.7. The second-order valence-electron chi connectivity index (χ2n) is 31.4. The van der Waals surface area contributed by atoms with Gasteiger partial charge in [0.25, 0.3) is 0 Å².